The zero-order chi connectivity index (χ0) is 14.1. The number of methoxy groups -OCH3 is 1. The van der Waals surface area contributed by atoms with Gasteiger partial charge < -0.3 is 9.84 Å². The van der Waals surface area contributed by atoms with Crippen molar-refractivity contribution in [2.45, 2.75) is 0 Å². The van der Waals surface area contributed by atoms with Gasteiger partial charge in [-0.05, 0) is 62.1 Å². The fourth-order valence-electron chi connectivity index (χ4n) is 2.24. The van der Waals surface area contributed by atoms with E-state index in [0.29, 0.717) is 0 Å². The number of ether oxygens (including phenoxy) is 1. The van der Waals surface area contributed by atoms with E-state index in [-0.39, 0.29) is 5.75 Å². The average molecular weight is 329 g/mol. The fourth-order valence-corrected chi connectivity index (χ4v) is 2.74. The third-order valence-electron chi connectivity index (χ3n) is 3.36. The monoisotopic (exact) mass is 328 g/mol. The molecule has 0 spiro atoms. The summed E-state index contributed by atoms with van der Waals surface area (Å²) >= 11 is 3.41. The number of halogens is 1. The molecule has 0 radical (unpaired) electrons. The van der Waals surface area contributed by atoms with E-state index in [2.05, 4.69) is 22.0 Å². The third-order valence-corrected chi connectivity index (χ3v) is 4.19. The van der Waals surface area contributed by atoms with E-state index in [4.69, 9.17) is 4.74 Å². The second kappa shape index (κ2) is 5.17. The molecule has 3 aromatic carbocycles. The molecule has 0 bridgehead atoms. The third kappa shape index (κ3) is 2.25. The van der Waals surface area contributed by atoms with Gasteiger partial charge in [0.15, 0.2) is 0 Å². The van der Waals surface area contributed by atoms with Crippen molar-refractivity contribution in [3.8, 4) is 22.6 Å². The average Bonchev–Trinajstić information content (AvgIpc) is 2.51. The van der Waals surface area contributed by atoms with Crippen molar-refractivity contribution < 1.29 is 9.84 Å². The van der Waals surface area contributed by atoms with E-state index in [0.717, 1.165) is 32.1 Å². The summed E-state index contributed by atoms with van der Waals surface area (Å²) in [5.74, 6) is 1.11. The molecule has 100 valence electrons. The Bertz CT molecular complexity index is 764. The molecule has 0 aromatic heterocycles. The molecule has 0 atom stereocenters. The van der Waals surface area contributed by atoms with Gasteiger partial charge in [-0.1, -0.05) is 30.3 Å². The Hall–Kier alpha value is -2.00. The Morgan fingerprint density at radius 2 is 1.60 bits per heavy atom. The lowest BCUT2D eigenvalue weighted by Crippen LogP contribution is -1.83. The summed E-state index contributed by atoms with van der Waals surface area (Å²) in [6.07, 6.45) is 0. The summed E-state index contributed by atoms with van der Waals surface area (Å²) < 4.78 is 5.90. The molecule has 0 fully saturated rings. The normalized spacial score (nSPS) is 10.7. The highest BCUT2D eigenvalue weighted by Crippen LogP contribution is 2.34. The number of hydrogen-bond acceptors (Lipinski definition) is 2. The minimum absolute atomic E-state index is 0.259. The molecule has 0 saturated heterocycles. The first-order valence-corrected chi connectivity index (χ1v) is 7.04. The van der Waals surface area contributed by atoms with E-state index in [1.807, 2.05) is 42.5 Å². The van der Waals surface area contributed by atoms with E-state index >= 15 is 0 Å². The summed E-state index contributed by atoms with van der Waals surface area (Å²) in [6, 6.07) is 17.8. The zero-order valence-corrected chi connectivity index (χ0v) is 12.5. The lowest BCUT2D eigenvalue weighted by molar-refractivity contribution is 0.415. The molecule has 2 nitrogen and oxygen atoms in total. The van der Waals surface area contributed by atoms with Crippen LogP contribution in [0, 0.1) is 0 Å². The fraction of sp³-hybridized carbons (Fsp3) is 0.0588. The minimum atomic E-state index is 0.259. The van der Waals surface area contributed by atoms with Crippen molar-refractivity contribution in [3.63, 3.8) is 0 Å². The molecule has 3 rings (SSSR count). The van der Waals surface area contributed by atoms with Crippen LogP contribution in [-0.4, -0.2) is 12.2 Å². The lowest BCUT2D eigenvalue weighted by Gasteiger charge is -2.07. The molecule has 0 amide bonds. The van der Waals surface area contributed by atoms with Crippen LogP contribution >= 0.6 is 15.9 Å². The number of hydrogen-bond donors (Lipinski definition) is 1. The van der Waals surface area contributed by atoms with Crippen LogP contribution in [0.3, 0.4) is 0 Å². The summed E-state index contributed by atoms with van der Waals surface area (Å²) in [7, 11) is 1.66. The molecule has 1 N–H and O–H groups in total. The number of benzene rings is 3. The van der Waals surface area contributed by atoms with Gasteiger partial charge in [0.2, 0.25) is 0 Å². The minimum Gasteiger partial charge on any atom is -0.507 e. The Balaban J connectivity index is 2.10. The second-order valence-corrected chi connectivity index (χ2v) is 5.36. The molecule has 0 aliphatic rings. The van der Waals surface area contributed by atoms with Crippen molar-refractivity contribution >= 4 is 26.7 Å². The van der Waals surface area contributed by atoms with Crippen molar-refractivity contribution in [2.24, 2.45) is 0 Å². The van der Waals surface area contributed by atoms with Gasteiger partial charge in [0.05, 0.1) is 11.6 Å². The summed E-state index contributed by atoms with van der Waals surface area (Å²) in [4.78, 5) is 0. The molecule has 3 aromatic rings. The van der Waals surface area contributed by atoms with Gasteiger partial charge in [0, 0.05) is 0 Å². The van der Waals surface area contributed by atoms with Crippen LogP contribution in [0.25, 0.3) is 21.9 Å². The predicted molar refractivity (Wildman–Crippen MR) is 85.3 cm³/mol. The number of phenolic OH excluding ortho intramolecular Hbond substituents is 1. The quantitative estimate of drug-likeness (QED) is 0.718. The molecule has 3 heteroatoms. The Kier molecular flexibility index (Phi) is 3.36. The molecule has 0 saturated carbocycles. The van der Waals surface area contributed by atoms with Gasteiger partial charge in [-0.15, -0.1) is 0 Å². The van der Waals surface area contributed by atoms with Crippen molar-refractivity contribution in [1.82, 2.24) is 0 Å². The molecule has 0 unspecified atom stereocenters. The van der Waals surface area contributed by atoms with Crippen LogP contribution < -0.4 is 4.74 Å². The molecule has 0 aliphatic carbocycles. The first-order chi connectivity index (χ1) is 9.69. The highest BCUT2D eigenvalue weighted by Gasteiger charge is 2.05. The van der Waals surface area contributed by atoms with E-state index < -0.39 is 0 Å². The maximum atomic E-state index is 9.70. The first-order valence-electron chi connectivity index (χ1n) is 6.25. The number of rotatable bonds is 2. The maximum Gasteiger partial charge on any atom is 0.130 e. The van der Waals surface area contributed by atoms with Crippen molar-refractivity contribution in [1.29, 1.82) is 0 Å². The van der Waals surface area contributed by atoms with Crippen LogP contribution in [0.4, 0.5) is 0 Å². The van der Waals surface area contributed by atoms with Crippen molar-refractivity contribution in [3.05, 3.63) is 59.1 Å². The van der Waals surface area contributed by atoms with Crippen LogP contribution in [0.1, 0.15) is 0 Å². The Labute approximate surface area is 125 Å². The number of aromatic hydroxyl groups is 1. The van der Waals surface area contributed by atoms with Gasteiger partial charge in [-0.25, -0.2) is 0 Å². The second-order valence-electron chi connectivity index (χ2n) is 4.56. The number of phenols is 1. The van der Waals surface area contributed by atoms with Crippen LogP contribution in [0.15, 0.2) is 59.1 Å². The molecule has 0 aliphatic heterocycles. The largest absolute Gasteiger partial charge is 0.507 e. The Morgan fingerprint density at radius 1 is 0.900 bits per heavy atom. The highest BCUT2D eigenvalue weighted by atomic mass is 79.9. The van der Waals surface area contributed by atoms with E-state index in [1.165, 1.54) is 0 Å². The van der Waals surface area contributed by atoms with Crippen LogP contribution in [0.5, 0.6) is 11.5 Å². The van der Waals surface area contributed by atoms with Gasteiger partial charge in [-0.3, -0.25) is 0 Å². The lowest BCUT2D eigenvalue weighted by atomic mass is 10.0. The topological polar surface area (TPSA) is 29.5 Å². The van der Waals surface area contributed by atoms with Gasteiger partial charge in [-0.2, -0.15) is 0 Å². The van der Waals surface area contributed by atoms with E-state index in [1.54, 1.807) is 13.2 Å². The smallest absolute Gasteiger partial charge is 0.130 e. The van der Waals surface area contributed by atoms with Crippen molar-refractivity contribution in [2.75, 3.05) is 7.11 Å². The van der Waals surface area contributed by atoms with Gasteiger partial charge >= 0.3 is 0 Å². The van der Waals surface area contributed by atoms with Gasteiger partial charge in [0.25, 0.3) is 0 Å². The molecular formula is C17H13BrO2. The Morgan fingerprint density at radius 3 is 2.30 bits per heavy atom. The maximum absolute atomic E-state index is 9.70. The summed E-state index contributed by atoms with van der Waals surface area (Å²) in [5.41, 5.74) is 2.27. The highest BCUT2D eigenvalue weighted by molar-refractivity contribution is 9.10. The molecule has 20 heavy (non-hydrogen) atoms. The van der Waals surface area contributed by atoms with Gasteiger partial charge in [0.1, 0.15) is 11.5 Å². The SMILES string of the molecule is COc1ccc(-c2ccc3c(Br)c(O)ccc3c2)cc1. The number of fused-ring (bicyclic) bond motifs is 1. The van der Waals surface area contributed by atoms with E-state index in [9.17, 15) is 5.11 Å². The molecular weight excluding hydrogens is 316 g/mol. The zero-order valence-electron chi connectivity index (χ0n) is 10.9. The van der Waals surface area contributed by atoms with Crippen LogP contribution in [-0.2, 0) is 0 Å². The standard InChI is InChI=1S/C17H13BrO2/c1-20-14-6-2-11(3-7-14)12-4-8-15-13(10-12)5-9-16(19)17(15)18/h2-10,19H,1H3. The summed E-state index contributed by atoms with van der Waals surface area (Å²) in [5, 5.41) is 11.8. The predicted octanol–water partition coefficient (Wildman–Crippen LogP) is 4.98. The molecule has 0 heterocycles. The first kappa shape index (κ1) is 13.0. The van der Waals surface area contributed by atoms with Crippen LogP contribution in [0.2, 0.25) is 0 Å². The summed E-state index contributed by atoms with van der Waals surface area (Å²) in [6.45, 7) is 0.